The van der Waals surface area contributed by atoms with Gasteiger partial charge < -0.3 is 10.2 Å². The van der Waals surface area contributed by atoms with E-state index < -0.39 is 5.54 Å². The molecule has 3 rings (SSSR count). The molecule has 1 N–H and O–H groups in total. The van der Waals surface area contributed by atoms with E-state index >= 15 is 0 Å². The maximum Gasteiger partial charge on any atom is 0.319 e. The number of likely N-dealkylation sites (N-methyl/N-ethyl adjacent to an activating group) is 1. The average Bonchev–Trinajstić information content (AvgIpc) is 2.91. The molecule has 148 valence electrons. The van der Waals surface area contributed by atoms with Crippen molar-refractivity contribution in [3.05, 3.63) is 71.8 Å². The molecule has 5 heteroatoms. The van der Waals surface area contributed by atoms with Gasteiger partial charge in [-0.3, -0.25) is 9.69 Å². The maximum atomic E-state index is 13.8. The van der Waals surface area contributed by atoms with Gasteiger partial charge in [-0.2, -0.15) is 0 Å². The summed E-state index contributed by atoms with van der Waals surface area (Å²) in [6.07, 6.45) is 0.0463. The van der Waals surface area contributed by atoms with E-state index in [1.165, 1.54) is 0 Å². The Balaban J connectivity index is 2.28. The molecular weight excluding hydrogens is 350 g/mol. The van der Waals surface area contributed by atoms with Gasteiger partial charge in [-0.15, -0.1) is 0 Å². The Hall–Kier alpha value is -2.82. The Morgan fingerprint density at radius 2 is 1.57 bits per heavy atom. The Labute approximate surface area is 167 Å². The second-order valence-corrected chi connectivity index (χ2v) is 8.47. The van der Waals surface area contributed by atoms with Crippen LogP contribution >= 0.6 is 0 Å². The van der Waals surface area contributed by atoms with Crippen molar-refractivity contribution in [2.75, 3.05) is 14.1 Å². The van der Waals surface area contributed by atoms with Gasteiger partial charge in [0.2, 0.25) is 0 Å². The van der Waals surface area contributed by atoms with Crippen molar-refractivity contribution in [2.24, 2.45) is 5.41 Å². The van der Waals surface area contributed by atoms with Gasteiger partial charge >= 0.3 is 6.03 Å². The van der Waals surface area contributed by atoms with Gasteiger partial charge in [-0.05, 0) is 11.1 Å². The van der Waals surface area contributed by atoms with Crippen molar-refractivity contribution in [1.29, 1.82) is 0 Å². The summed E-state index contributed by atoms with van der Waals surface area (Å²) in [5.41, 5.74) is 0.419. The fraction of sp³-hybridized carbons (Fsp3) is 0.391. The zero-order valence-corrected chi connectivity index (χ0v) is 17.3. The lowest BCUT2D eigenvalue weighted by Gasteiger charge is -2.43. The van der Waals surface area contributed by atoms with Crippen molar-refractivity contribution in [3.8, 4) is 0 Å². The molecule has 2 unspecified atom stereocenters. The lowest BCUT2D eigenvalue weighted by atomic mass is 9.81. The molecule has 0 bridgehead atoms. The van der Waals surface area contributed by atoms with Gasteiger partial charge in [-0.1, -0.05) is 81.4 Å². The molecule has 0 saturated carbocycles. The summed E-state index contributed by atoms with van der Waals surface area (Å²) in [6.45, 7) is 6.17. The summed E-state index contributed by atoms with van der Waals surface area (Å²) >= 11 is 0. The number of rotatable bonds is 3. The van der Waals surface area contributed by atoms with E-state index in [-0.39, 0.29) is 23.5 Å². The monoisotopic (exact) mass is 379 g/mol. The first-order chi connectivity index (χ1) is 13.2. The largest absolute Gasteiger partial charge is 0.341 e. The van der Waals surface area contributed by atoms with Crippen molar-refractivity contribution in [3.63, 3.8) is 0 Å². The summed E-state index contributed by atoms with van der Waals surface area (Å²) in [7, 11) is 3.41. The van der Waals surface area contributed by atoms with Crippen LogP contribution in [0.2, 0.25) is 0 Å². The van der Waals surface area contributed by atoms with E-state index in [0.717, 1.165) is 11.1 Å². The number of urea groups is 1. The van der Waals surface area contributed by atoms with E-state index in [1.807, 2.05) is 60.7 Å². The van der Waals surface area contributed by atoms with Crippen LogP contribution in [0.15, 0.2) is 60.7 Å². The van der Waals surface area contributed by atoms with Gasteiger partial charge in [0.25, 0.3) is 5.91 Å². The molecule has 1 fully saturated rings. The standard InChI is InChI=1S/C23H29N3O2/c1-22(2,3)19-25(5)20(27)23(26(19)21(28)24-4,18-14-10-7-11-15-18)16-17-12-8-6-9-13-17/h6-15,19H,16H2,1-5H3,(H,24,28). The van der Waals surface area contributed by atoms with E-state index in [1.54, 1.807) is 23.9 Å². The van der Waals surface area contributed by atoms with Crippen LogP contribution in [0.3, 0.4) is 0 Å². The van der Waals surface area contributed by atoms with Crippen LogP contribution in [0.1, 0.15) is 31.9 Å². The van der Waals surface area contributed by atoms with Crippen molar-refractivity contribution in [2.45, 2.75) is 38.9 Å². The van der Waals surface area contributed by atoms with Crippen molar-refractivity contribution >= 4 is 11.9 Å². The second-order valence-electron chi connectivity index (χ2n) is 8.47. The molecule has 0 radical (unpaired) electrons. The van der Waals surface area contributed by atoms with Crippen LogP contribution in [0.25, 0.3) is 0 Å². The van der Waals surface area contributed by atoms with Gasteiger partial charge in [0.15, 0.2) is 5.54 Å². The normalized spacial score (nSPS) is 22.5. The molecule has 28 heavy (non-hydrogen) atoms. The average molecular weight is 380 g/mol. The molecule has 5 nitrogen and oxygen atoms in total. The fourth-order valence-electron chi connectivity index (χ4n) is 4.39. The first-order valence-corrected chi connectivity index (χ1v) is 9.61. The predicted octanol–water partition coefficient (Wildman–Crippen LogP) is 3.61. The number of hydrogen-bond donors (Lipinski definition) is 1. The minimum Gasteiger partial charge on any atom is -0.341 e. The Kier molecular flexibility index (Phi) is 5.20. The molecule has 2 aromatic rings. The number of amides is 3. The summed E-state index contributed by atoms with van der Waals surface area (Å²) < 4.78 is 0. The summed E-state index contributed by atoms with van der Waals surface area (Å²) in [5.74, 6) is -0.0638. The van der Waals surface area contributed by atoms with Crippen LogP contribution in [-0.4, -0.2) is 42.0 Å². The van der Waals surface area contributed by atoms with E-state index in [4.69, 9.17) is 0 Å². The molecule has 0 spiro atoms. The third-order valence-electron chi connectivity index (χ3n) is 5.46. The Morgan fingerprint density at radius 1 is 1.04 bits per heavy atom. The van der Waals surface area contributed by atoms with Gasteiger partial charge in [0.1, 0.15) is 6.17 Å². The molecule has 2 aromatic carbocycles. The molecule has 0 aromatic heterocycles. The van der Waals surface area contributed by atoms with E-state index in [0.29, 0.717) is 6.42 Å². The first-order valence-electron chi connectivity index (χ1n) is 9.61. The predicted molar refractivity (Wildman–Crippen MR) is 111 cm³/mol. The van der Waals surface area contributed by atoms with Crippen molar-refractivity contribution in [1.82, 2.24) is 15.1 Å². The van der Waals surface area contributed by atoms with Crippen LogP contribution in [-0.2, 0) is 16.8 Å². The SMILES string of the molecule is CNC(=O)N1C(C(C)(C)C)N(C)C(=O)C1(Cc1ccccc1)c1ccccc1. The number of benzene rings is 2. The summed E-state index contributed by atoms with van der Waals surface area (Å²) in [6, 6.07) is 19.3. The minimum absolute atomic E-state index is 0.0638. The molecule has 1 aliphatic rings. The number of carbonyl (C=O) groups is 2. The lowest BCUT2D eigenvalue weighted by molar-refractivity contribution is -0.133. The first kappa shape index (κ1) is 19.9. The van der Waals surface area contributed by atoms with Crippen molar-refractivity contribution < 1.29 is 9.59 Å². The highest BCUT2D eigenvalue weighted by molar-refractivity contribution is 5.96. The van der Waals surface area contributed by atoms with Crippen LogP contribution in [0, 0.1) is 5.41 Å². The number of nitrogens with one attached hydrogen (secondary N) is 1. The second kappa shape index (κ2) is 7.30. The third-order valence-corrected chi connectivity index (χ3v) is 5.46. The van der Waals surface area contributed by atoms with Crippen LogP contribution < -0.4 is 5.32 Å². The van der Waals surface area contributed by atoms with Crippen LogP contribution in [0.4, 0.5) is 4.79 Å². The molecular formula is C23H29N3O2. The topological polar surface area (TPSA) is 52.7 Å². The summed E-state index contributed by atoms with van der Waals surface area (Å²) in [5, 5.41) is 2.77. The molecule has 2 atom stereocenters. The van der Waals surface area contributed by atoms with Gasteiger partial charge in [0, 0.05) is 25.9 Å². The zero-order valence-electron chi connectivity index (χ0n) is 17.3. The quantitative estimate of drug-likeness (QED) is 0.886. The number of nitrogens with zero attached hydrogens (tertiary/aromatic N) is 2. The third kappa shape index (κ3) is 3.15. The Morgan fingerprint density at radius 3 is 2.07 bits per heavy atom. The highest BCUT2D eigenvalue weighted by Gasteiger charge is 2.61. The van der Waals surface area contributed by atoms with E-state index in [2.05, 4.69) is 26.1 Å². The maximum absolute atomic E-state index is 13.8. The number of carbonyl (C=O) groups excluding carboxylic acids is 2. The highest BCUT2D eigenvalue weighted by Crippen LogP contribution is 2.46. The molecule has 1 aliphatic heterocycles. The Bertz CT molecular complexity index is 845. The van der Waals surface area contributed by atoms with Gasteiger partial charge in [-0.25, -0.2) is 4.79 Å². The minimum atomic E-state index is -1.10. The molecule has 0 aliphatic carbocycles. The molecule has 1 heterocycles. The zero-order chi connectivity index (χ0) is 20.5. The fourth-order valence-corrected chi connectivity index (χ4v) is 4.39. The number of hydrogen-bond acceptors (Lipinski definition) is 2. The van der Waals surface area contributed by atoms with E-state index in [9.17, 15) is 9.59 Å². The molecule has 3 amide bonds. The van der Waals surface area contributed by atoms with Gasteiger partial charge in [0.05, 0.1) is 0 Å². The van der Waals surface area contributed by atoms with Crippen LogP contribution in [0.5, 0.6) is 0 Å². The highest BCUT2D eigenvalue weighted by atomic mass is 16.2. The molecule has 1 saturated heterocycles. The smallest absolute Gasteiger partial charge is 0.319 e. The lowest BCUT2D eigenvalue weighted by Crippen LogP contribution is -2.58. The summed E-state index contributed by atoms with van der Waals surface area (Å²) in [4.78, 5) is 30.5.